The average molecular weight is 265 g/mol. The van der Waals surface area contributed by atoms with E-state index in [0.29, 0.717) is 5.69 Å². The predicted octanol–water partition coefficient (Wildman–Crippen LogP) is 3.07. The van der Waals surface area contributed by atoms with Crippen LogP contribution >= 0.6 is 0 Å². The van der Waals surface area contributed by atoms with Crippen LogP contribution in [-0.2, 0) is 0 Å². The van der Waals surface area contributed by atoms with Crippen molar-refractivity contribution in [1.29, 1.82) is 0 Å². The molecule has 5 nitrogen and oxygen atoms in total. The lowest BCUT2D eigenvalue weighted by Crippen LogP contribution is -2.03. The van der Waals surface area contributed by atoms with Gasteiger partial charge in [-0.25, -0.2) is 4.79 Å². The maximum absolute atomic E-state index is 11.1. The number of anilines is 2. The number of fused-ring (bicyclic) bond motifs is 1. The Morgan fingerprint density at radius 2 is 2.00 bits per heavy atom. The van der Waals surface area contributed by atoms with Crippen molar-refractivity contribution in [2.75, 3.05) is 5.32 Å². The summed E-state index contributed by atoms with van der Waals surface area (Å²) >= 11 is 0. The Morgan fingerprint density at radius 3 is 2.85 bits per heavy atom. The van der Waals surface area contributed by atoms with Gasteiger partial charge in [0.1, 0.15) is 5.56 Å². The first kappa shape index (κ1) is 12.1. The summed E-state index contributed by atoms with van der Waals surface area (Å²) in [6, 6.07) is 11.3. The predicted molar refractivity (Wildman–Crippen MR) is 76.2 cm³/mol. The number of rotatable bonds is 3. The Hall–Kier alpha value is -2.95. The standard InChI is InChI=1S/C15H11N3O2/c19-15(20)12-9-16-6-5-14(12)18-11-7-10-3-1-2-4-13(10)17-8-11/h1-9H,(H,16,18)(H,19,20). The highest BCUT2D eigenvalue weighted by atomic mass is 16.4. The van der Waals surface area contributed by atoms with Gasteiger partial charge in [0.05, 0.1) is 23.1 Å². The van der Waals surface area contributed by atoms with E-state index in [-0.39, 0.29) is 5.56 Å². The molecule has 0 radical (unpaired) electrons. The van der Waals surface area contributed by atoms with Gasteiger partial charge in [0.2, 0.25) is 0 Å². The summed E-state index contributed by atoms with van der Waals surface area (Å²) in [5.41, 5.74) is 2.24. The largest absolute Gasteiger partial charge is 0.478 e. The molecule has 3 aromatic rings. The molecule has 0 unspecified atom stereocenters. The Balaban J connectivity index is 1.99. The highest BCUT2D eigenvalue weighted by Gasteiger charge is 2.10. The maximum Gasteiger partial charge on any atom is 0.339 e. The van der Waals surface area contributed by atoms with Gasteiger partial charge in [0.15, 0.2) is 0 Å². The van der Waals surface area contributed by atoms with Crippen LogP contribution in [-0.4, -0.2) is 21.0 Å². The minimum atomic E-state index is -1.02. The van der Waals surface area contributed by atoms with Crippen molar-refractivity contribution in [3.8, 4) is 0 Å². The van der Waals surface area contributed by atoms with Crippen molar-refractivity contribution in [2.45, 2.75) is 0 Å². The highest BCUT2D eigenvalue weighted by Crippen LogP contribution is 2.22. The van der Waals surface area contributed by atoms with Crippen molar-refractivity contribution in [2.24, 2.45) is 0 Å². The van der Waals surface area contributed by atoms with E-state index >= 15 is 0 Å². The summed E-state index contributed by atoms with van der Waals surface area (Å²) < 4.78 is 0. The van der Waals surface area contributed by atoms with Crippen LogP contribution in [0, 0.1) is 0 Å². The molecule has 98 valence electrons. The third kappa shape index (κ3) is 2.29. The summed E-state index contributed by atoms with van der Waals surface area (Å²) in [5, 5.41) is 13.2. The number of hydrogen-bond donors (Lipinski definition) is 2. The molecule has 0 saturated carbocycles. The minimum Gasteiger partial charge on any atom is -0.478 e. The van der Waals surface area contributed by atoms with Crippen LogP contribution < -0.4 is 5.32 Å². The number of hydrogen-bond acceptors (Lipinski definition) is 4. The van der Waals surface area contributed by atoms with Crippen LogP contribution in [0.5, 0.6) is 0 Å². The van der Waals surface area contributed by atoms with Gasteiger partial charge in [-0.2, -0.15) is 0 Å². The van der Waals surface area contributed by atoms with E-state index in [2.05, 4.69) is 15.3 Å². The smallest absolute Gasteiger partial charge is 0.339 e. The summed E-state index contributed by atoms with van der Waals surface area (Å²) in [5.74, 6) is -1.02. The quantitative estimate of drug-likeness (QED) is 0.761. The molecule has 0 bridgehead atoms. The van der Waals surface area contributed by atoms with Gasteiger partial charge < -0.3 is 10.4 Å². The number of carboxylic acid groups (broad SMARTS) is 1. The van der Waals surface area contributed by atoms with Gasteiger partial charge in [-0.15, -0.1) is 0 Å². The topological polar surface area (TPSA) is 75.1 Å². The van der Waals surface area contributed by atoms with E-state index in [1.807, 2.05) is 30.3 Å². The number of aromatic carboxylic acids is 1. The second-order valence-corrected chi connectivity index (χ2v) is 4.27. The van der Waals surface area contributed by atoms with Gasteiger partial charge in [0.25, 0.3) is 0 Å². The fraction of sp³-hybridized carbons (Fsp3) is 0. The van der Waals surface area contributed by atoms with Crippen LogP contribution in [0.15, 0.2) is 55.0 Å². The van der Waals surface area contributed by atoms with E-state index in [0.717, 1.165) is 16.6 Å². The number of nitrogens with zero attached hydrogens (tertiary/aromatic N) is 2. The van der Waals surface area contributed by atoms with E-state index < -0.39 is 5.97 Å². The van der Waals surface area contributed by atoms with Gasteiger partial charge in [-0.05, 0) is 18.2 Å². The first-order valence-electron chi connectivity index (χ1n) is 6.03. The Morgan fingerprint density at radius 1 is 1.15 bits per heavy atom. The summed E-state index contributed by atoms with van der Waals surface area (Å²) in [6.07, 6.45) is 4.54. The zero-order valence-electron chi connectivity index (χ0n) is 10.4. The van der Waals surface area contributed by atoms with Gasteiger partial charge in [-0.3, -0.25) is 9.97 Å². The molecule has 2 aromatic heterocycles. The first-order valence-corrected chi connectivity index (χ1v) is 6.03. The molecule has 20 heavy (non-hydrogen) atoms. The molecule has 2 N–H and O–H groups in total. The lowest BCUT2D eigenvalue weighted by Gasteiger charge is -2.09. The van der Waals surface area contributed by atoms with Crippen molar-refractivity contribution in [3.63, 3.8) is 0 Å². The SMILES string of the molecule is O=C(O)c1cnccc1Nc1cnc2ccccc2c1. The zero-order valence-corrected chi connectivity index (χ0v) is 10.4. The molecule has 1 aromatic carbocycles. The molecule has 2 heterocycles. The van der Waals surface area contributed by atoms with Crippen LogP contribution in [0.2, 0.25) is 0 Å². The van der Waals surface area contributed by atoms with Crippen molar-refractivity contribution in [3.05, 3.63) is 60.6 Å². The number of carbonyl (C=O) groups is 1. The molecule has 0 saturated heterocycles. The Bertz CT molecular complexity index is 787. The fourth-order valence-electron chi connectivity index (χ4n) is 1.97. The van der Waals surface area contributed by atoms with Crippen molar-refractivity contribution < 1.29 is 9.90 Å². The molecule has 0 atom stereocenters. The van der Waals surface area contributed by atoms with Crippen LogP contribution in [0.1, 0.15) is 10.4 Å². The molecule has 5 heteroatoms. The minimum absolute atomic E-state index is 0.126. The Labute approximate surface area is 114 Å². The number of para-hydroxylation sites is 1. The number of aromatic nitrogens is 2. The molecule has 0 aliphatic carbocycles. The third-order valence-corrected chi connectivity index (χ3v) is 2.92. The van der Waals surface area contributed by atoms with E-state index in [1.165, 1.54) is 6.20 Å². The summed E-state index contributed by atoms with van der Waals surface area (Å²) in [4.78, 5) is 19.3. The molecular formula is C15H11N3O2. The number of nitrogens with one attached hydrogen (secondary N) is 1. The lowest BCUT2D eigenvalue weighted by molar-refractivity contribution is 0.0697. The van der Waals surface area contributed by atoms with Crippen LogP contribution in [0.25, 0.3) is 10.9 Å². The fourth-order valence-corrected chi connectivity index (χ4v) is 1.97. The van der Waals surface area contributed by atoms with E-state index in [1.54, 1.807) is 18.5 Å². The maximum atomic E-state index is 11.1. The number of benzene rings is 1. The third-order valence-electron chi connectivity index (χ3n) is 2.92. The van der Waals surface area contributed by atoms with Crippen molar-refractivity contribution >= 4 is 28.2 Å². The highest BCUT2D eigenvalue weighted by molar-refractivity contribution is 5.95. The molecule has 3 rings (SSSR count). The molecule has 0 aliphatic rings. The summed E-state index contributed by atoms with van der Waals surface area (Å²) in [7, 11) is 0. The van der Waals surface area contributed by atoms with E-state index in [4.69, 9.17) is 5.11 Å². The first-order chi connectivity index (χ1) is 9.74. The normalized spacial score (nSPS) is 10.4. The monoisotopic (exact) mass is 265 g/mol. The number of pyridine rings is 2. The number of carboxylic acids is 1. The lowest BCUT2D eigenvalue weighted by atomic mass is 10.2. The second-order valence-electron chi connectivity index (χ2n) is 4.27. The van der Waals surface area contributed by atoms with Crippen LogP contribution in [0.4, 0.5) is 11.4 Å². The summed E-state index contributed by atoms with van der Waals surface area (Å²) in [6.45, 7) is 0. The van der Waals surface area contributed by atoms with Crippen molar-refractivity contribution in [1.82, 2.24) is 9.97 Å². The van der Waals surface area contributed by atoms with Gasteiger partial charge in [-0.1, -0.05) is 18.2 Å². The Kier molecular flexibility index (Phi) is 3.01. The zero-order chi connectivity index (χ0) is 13.9. The molecule has 0 spiro atoms. The van der Waals surface area contributed by atoms with Gasteiger partial charge in [0, 0.05) is 17.8 Å². The molecular weight excluding hydrogens is 254 g/mol. The average Bonchev–Trinajstić information content (AvgIpc) is 2.47. The second kappa shape index (κ2) is 4.97. The molecule has 0 amide bonds. The molecule has 0 aliphatic heterocycles. The van der Waals surface area contributed by atoms with Crippen LogP contribution in [0.3, 0.4) is 0 Å². The molecule has 0 fully saturated rings. The van der Waals surface area contributed by atoms with Gasteiger partial charge >= 0.3 is 5.97 Å². The van der Waals surface area contributed by atoms with E-state index in [9.17, 15) is 4.79 Å².